The van der Waals surface area contributed by atoms with Crippen LogP contribution in [0.2, 0.25) is 0 Å². The number of hydrogen-bond acceptors (Lipinski definition) is 1. The smallest absolute Gasteiger partial charge is 0.0610 e. The Balaban J connectivity index is 2.34. The maximum absolute atomic E-state index is 9.63. The van der Waals surface area contributed by atoms with E-state index in [0.29, 0.717) is 11.3 Å². The molecule has 1 N–H and O–H groups in total. The van der Waals surface area contributed by atoms with Gasteiger partial charge in [0.05, 0.1) is 6.10 Å². The Labute approximate surface area is 69.1 Å². The van der Waals surface area contributed by atoms with E-state index in [2.05, 4.69) is 20.4 Å². The first-order chi connectivity index (χ1) is 4.93. The minimum absolute atomic E-state index is 0.150. The van der Waals surface area contributed by atoms with Crippen molar-refractivity contribution in [2.24, 2.45) is 11.3 Å². The Bertz CT molecular complexity index is 170. The second-order valence-electron chi connectivity index (χ2n) is 4.53. The van der Waals surface area contributed by atoms with Gasteiger partial charge in [-0.1, -0.05) is 19.4 Å². The molecule has 0 aromatic heterocycles. The first kappa shape index (κ1) is 8.79. The van der Waals surface area contributed by atoms with Crippen LogP contribution in [0.15, 0.2) is 12.2 Å². The molecule has 1 heteroatoms. The number of aliphatic hydroxyl groups is 1. The van der Waals surface area contributed by atoms with Crippen molar-refractivity contribution in [3.63, 3.8) is 0 Å². The molecule has 2 atom stereocenters. The van der Waals surface area contributed by atoms with Gasteiger partial charge in [0.15, 0.2) is 0 Å². The van der Waals surface area contributed by atoms with Crippen LogP contribution >= 0.6 is 0 Å². The zero-order valence-electron chi connectivity index (χ0n) is 7.72. The van der Waals surface area contributed by atoms with Crippen molar-refractivity contribution in [2.45, 2.75) is 39.7 Å². The lowest BCUT2D eigenvalue weighted by Gasteiger charge is -2.11. The summed E-state index contributed by atoms with van der Waals surface area (Å²) in [6.45, 7) is 10.2. The maximum atomic E-state index is 9.63. The van der Waals surface area contributed by atoms with E-state index in [0.717, 1.165) is 12.0 Å². The van der Waals surface area contributed by atoms with E-state index in [-0.39, 0.29) is 6.10 Å². The van der Waals surface area contributed by atoms with Crippen molar-refractivity contribution in [2.75, 3.05) is 0 Å². The summed E-state index contributed by atoms with van der Waals surface area (Å²) in [4.78, 5) is 0. The Morgan fingerprint density at radius 2 is 2.18 bits per heavy atom. The fourth-order valence-corrected chi connectivity index (χ4v) is 1.66. The van der Waals surface area contributed by atoms with Gasteiger partial charge in [-0.05, 0) is 31.1 Å². The molecule has 0 radical (unpaired) electrons. The molecule has 0 bridgehead atoms. The molecule has 0 saturated heterocycles. The van der Waals surface area contributed by atoms with Crippen LogP contribution in [0.5, 0.6) is 0 Å². The van der Waals surface area contributed by atoms with E-state index in [1.165, 1.54) is 6.42 Å². The summed E-state index contributed by atoms with van der Waals surface area (Å²) in [5, 5.41) is 9.63. The van der Waals surface area contributed by atoms with Crippen LogP contribution in [-0.2, 0) is 0 Å². The van der Waals surface area contributed by atoms with Crippen LogP contribution in [0.4, 0.5) is 0 Å². The van der Waals surface area contributed by atoms with Gasteiger partial charge in [0.25, 0.3) is 0 Å². The number of hydrogen-bond donors (Lipinski definition) is 1. The number of rotatable bonds is 3. The molecule has 11 heavy (non-hydrogen) atoms. The molecule has 1 aliphatic rings. The molecule has 0 amide bonds. The molecule has 1 aliphatic carbocycles. The molecule has 64 valence electrons. The average Bonchev–Trinajstić information content (AvgIpc) is 2.38. The lowest BCUT2D eigenvalue weighted by Crippen LogP contribution is -2.12. The van der Waals surface area contributed by atoms with Crippen molar-refractivity contribution >= 4 is 0 Å². The SMILES string of the molecule is C=C(C)C[C@H](O)[C@@H]1CC1(C)C. The van der Waals surface area contributed by atoms with Gasteiger partial charge in [0.2, 0.25) is 0 Å². The van der Waals surface area contributed by atoms with Gasteiger partial charge < -0.3 is 5.11 Å². The molecule has 1 nitrogen and oxygen atoms in total. The van der Waals surface area contributed by atoms with E-state index < -0.39 is 0 Å². The number of aliphatic hydroxyl groups excluding tert-OH is 1. The highest BCUT2D eigenvalue weighted by Crippen LogP contribution is 2.54. The second-order valence-corrected chi connectivity index (χ2v) is 4.53. The monoisotopic (exact) mass is 154 g/mol. The predicted molar refractivity (Wildman–Crippen MR) is 47.3 cm³/mol. The molecule has 1 saturated carbocycles. The van der Waals surface area contributed by atoms with Gasteiger partial charge in [0, 0.05) is 0 Å². The molecule has 0 heterocycles. The molecule has 0 unspecified atom stereocenters. The molecular formula is C10H18O. The van der Waals surface area contributed by atoms with E-state index in [4.69, 9.17) is 0 Å². The standard InChI is InChI=1S/C10H18O/c1-7(2)5-9(11)8-6-10(8,3)4/h8-9,11H,1,5-6H2,2-4H3/t8-,9-/m0/s1. The lowest BCUT2D eigenvalue weighted by molar-refractivity contribution is 0.137. The Morgan fingerprint density at radius 1 is 1.73 bits per heavy atom. The lowest BCUT2D eigenvalue weighted by atomic mass is 10.0. The highest BCUT2D eigenvalue weighted by atomic mass is 16.3. The summed E-state index contributed by atoms with van der Waals surface area (Å²) in [6, 6.07) is 0. The van der Waals surface area contributed by atoms with Crippen molar-refractivity contribution in [1.29, 1.82) is 0 Å². The summed E-state index contributed by atoms with van der Waals surface area (Å²) in [6.07, 6.45) is 1.79. The van der Waals surface area contributed by atoms with Gasteiger partial charge in [-0.2, -0.15) is 0 Å². The molecule has 0 aromatic carbocycles. The topological polar surface area (TPSA) is 20.2 Å². The van der Waals surface area contributed by atoms with Crippen LogP contribution < -0.4 is 0 Å². The minimum Gasteiger partial charge on any atom is -0.392 e. The quantitative estimate of drug-likeness (QED) is 0.619. The first-order valence-electron chi connectivity index (χ1n) is 4.26. The highest BCUT2D eigenvalue weighted by Gasteiger charge is 2.49. The third-order valence-corrected chi connectivity index (χ3v) is 2.61. The van der Waals surface area contributed by atoms with Gasteiger partial charge in [0.1, 0.15) is 0 Å². The second kappa shape index (κ2) is 2.63. The summed E-state index contributed by atoms with van der Waals surface area (Å²) < 4.78 is 0. The molecular weight excluding hydrogens is 136 g/mol. The van der Waals surface area contributed by atoms with Crippen LogP contribution in [-0.4, -0.2) is 11.2 Å². The van der Waals surface area contributed by atoms with E-state index in [1.54, 1.807) is 0 Å². The van der Waals surface area contributed by atoms with Crippen LogP contribution in [0.25, 0.3) is 0 Å². The molecule has 0 aliphatic heterocycles. The summed E-state index contributed by atoms with van der Waals surface area (Å²) in [5.41, 5.74) is 1.47. The van der Waals surface area contributed by atoms with Crippen LogP contribution in [0, 0.1) is 11.3 Å². The third-order valence-electron chi connectivity index (χ3n) is 2.61. The molecule has 1 rings (SSSR count). The molecule has 1 fully saturated rings. The third kappa shape index (κ3) is 2.06. The normalized spacial score (nSPS) is 29.6. The maximum Gasteiger partial charge on any atom is 0.0610 e. The zero-order valence-corrected chi connectivity index (χ0v) is 7.72. The Morgan fingerprint density at radius 3 is 2.45 bits per heavy atom. The molecule has 0 spiro atoms. The van der Waals surface area contributed by atoms with Gasteiger partial charge in [-0.15, -0.1) is 6.58 Å². The Hall–Kier alpha value is -0.300. The van der Waals surface area contributed by atoms with Crippen molar-refractivity contribution < 1.29 is 5.11 Å². The Kier molecular flexibility index (Phi) is 2.10. The van der Waals surface area contributed by atoms with E-state index in [9.17, 15) is 5.11 Å². The largest absolute Gasteiger partial charge is 0.392 e. The fourth-order valence-electron chi connectivity index (χ4n) is 1.66. The highest BCUT2D eigenvalue weighted by molar-refractivity contribution is 5.03. The van der Waals surface area contributed by atoms with Crippen molar-refractivity contribution in [3.8, 4) is 0 Å². The minimum atomic E-state index is -0.150. The average molecular weight is 154 g/mol. The van der Waals surface area contributed by atoms with E-state index >= 15 is 0 Å². The summed E-state index contributed by atoms with van der Waals surface area (Å²) in [7, 11) is 0. The van der Waals surface area contributed by atoms with Gasteiger partial charge in [-0.25, -0.2) is 0 Å². The summed E-state index contributed by atoms with van der Waals surface area (Å²) >= 11 is 0. The van der Waals surface area contributed by atoms with Crippen LogP contribution in [0.1, 0.15) is 33.6 Å². The predicted octanol–water partition coefficient (Wildman–Crippen LogP) is 2.36. The molecule has 0 aromatic rings. The first-order valence-corrected chi connectivity index (χ1v) is 4.26. The fraction of sp³-hybridized carbons (Fsp3) is 0.800. The van der Waals surface area contributed by atoms with Crippen molar-refractivity contribution in [3.05, 3.63) is 12.2 Å². The van der Waals surface area contributed by atoms with Gasteiger partial charge in [-0.3, -0.25) is 0 Å². The van der Waals surface area contributed by atoms with Crippen LogP contribution in [0.3, 0.4) is 0 Å². The van der Waals surface area contributed by atoms with E-state index in [1.807, 2.05) is 6.92 Å². The van der Waals surface area contributed by atoms with Gasteiger partial charge >= 0.3 is 0 Å². The zero-order chi connectivity index (χ0) is 8.65. The summed E-state index contributed by atoms with van der Waals surface area (Å²) in [5.74, 6) is 0.513. The van der Waals surface area contributed by atoms with Crippen molar-refractivity contribution in [1.82, 2.24) is 0 Å².